The smallest absolute Gasteiger partial charge is 0.246 e. The van der Waals surface area contributed by atoms with Crippen molar-refractivity contribution in [3.63, 3.8) is 0 Å². The second-order valence-corrected chi connectivity index (χ2v) is 8.03. The zero-order chi connectivity index (χ0) is 15.8. The van der Waals surface area contributed by atoms with Crippen LogP contribution in [0.15, 0.2) is 15.4 Å². The molecule has 0 aromatic heterocycles. The maximum Gasteiger partial charge on any atom is 0.246 e. The van der Waals surface area contributed by atoms with E-state index in [0.29, 0.717) is 12.8 Å². The molecule has 1 heterocycles. The van der Waals surface area contributed by atoms with Gasteiger partial charge in [0.05, 0.1) is 15.2 Å². The predicted octanol–water partition coefficient (Wildman–Crippen LogP) is 2.22. The largest absolute Gasteiger partial charge is 0.396 e. The minimum absolute atomic E-state index is 0.0271. The van der Waals surface area contributed by atoms with E-state index in [0.717, 1.165) is 6.07 Å². The molecule has 0 spiro atoms. The molecule has 0 radical (unpaired) electrons. The Kier molecular flexibility index (Phi) is 5.15. The topological polar surface area (TPSA) is 83.6 Å². The quantitative estimate of drug-likeness (QED) is 0.601. The summed E-state index contributed by atoms with van der Waals surface area (Å²) in [6, 6.07) is 1.06. The van der Waals surface area contributed by atoms with Crippen LogP contribution in [-0.2, 0) is 10.0 Å². The summed E-state index contributed by atoms with van der Waals surface area (Å²) in [6.07, 6.45) is 1.08. The second kappa shape index (κ2) is 6.37. The molecule has 0 amide bonds. The number of halogens is 3. The van der Waals surface area contributed by atoms with Crippen LogP contribution in [0.5, 0.6) is 0 Å². The Bertz CT molecular complexity index is 648. The standard InChI is InChI=1S/C12H15BrClFN2O3S/c13-10-8(14)5-9(11(15)12(10)16)21(19,20)17-3-1-7(6-18)2-4-17/h5,7,18H,1-4,6,16H2. The third-order valence-corrected chi connectivity index (χ3v) is 6.88. The molecule has 1 saturated heterocycles. The highest BCUT2D eigenvalue weighted by Crippen LogP contribution is 2.36. The molecule has 0 saturated carbocycles. The summed E-state index contributed by atoms with van der Waals surface area (Å²) in [5, 5.41) is 9.12. The first-order valence-corrected chi connectivity index (χ1v) is 8.94. The highest BCUT2D eigenvalue weighted by Gasteiger charge is 2.32. The van der Waals surface area contributed by atoms with Gasteiger partial charge in [-0.25, -0.2) is 12.8 Å². The predicted molar refractivity (Wildman–Crippen MR) is 82.1 cm³/mol. The molecule has 1 aromatic rings. The Hall–Kier alpha value is -0.410. The number of sulfonamides is 1. The summed E-state index contributed by atoms with van der Waals surface area (Å²) in [5.74, 6) is -0.921. The van der Waals surface area contributed by atoms with E-state index in [2.05, 4.69) is 15.9 Å². The highest BCUT2D eigenvalue weighted by molar-refractivity contribution is 9.10. The van der Waals surface area contributed by atoms with Crippen LogP contribution in [0.2, 0.25) is 5.02 Å². The number of nitrogen functional groups attached to an aromatic ring is 1. The summed E-state index contributed by atoms with van der Waals surface area (Å²) >= 11 is 8.88. The lowest BCUT2D eigenvalue weighted by Gasteiger charge is -2.30. The molecule has 1 aliphatic heterocycles. The number of aliphatic hydroxyl groups is 1. The lowest BCUT2D eigenvalue weighted by molar-refractivity contribution is 0.170. The third kappa shape index (κ3) is 3.19. The molecule has 5 nitrogen and oxygen atoms in total. The summed E-state index contributed by atoms with van der Waals surface area (Å²) in [7, 11) is -3.99. The third-order valence-electron chi connectivity index (χ3n) is 3.61. The fourth-order valence-electron chi connectivity index (χ4n) is 2.26. The molecule has 3 N–H and O–H groups in total. The number of nitrogens with two attached hydrogens (primary N) is 1. The van der Waals surface area contributed by atoms with Crippen molar-refractivity contribution in [2.75, 3.05) is 25.4 Å². The first-order valence-electron chi connectivity index (χ1n) is 6.33. The van der Waals surface area contributed by atoms with Crippen LogP contribution in [0, 0.1) is 11.7 Å². The molecule has 0 aliphatic carbocycles. The molecule has 1 aromatic carbocycles. The molecule has 1 aliphatic rings. The Labute approximate surface area is 136 Å². The van der Waals surface area contributed by atoms with Crippen molar-refractivity contribution in [2.45, 2.75) is 17.7 Å². The van der Waals surface area contributed by atoms with Gasteiger partial charge in [0.25, 0.3) is 0 Å². The van der Waals surface area contributed by atoms with Gasteiger partial charge in [-0.05, 0) is 40.8 Å². The van der Waals surface area contributed by atoms with Gasteiger partial charge in [0.15, 0.2) is 5.82 Å². The minimum Gasteiger partial charge on any atom is -0.396 e. The normalized spacial score (nSPS) is 18.1. The number of piperidine rings is 1. The fourth-order valence-corrected chi connectivity index (χ4v) is 4.40. The Morgan fingerprint density at radius 2 is 2.05 bits per heavy atom. The van der Waals surface area contributed by atoms with Gasteiger partial charge in [-0.3, -0.25) is 0 Å². The van der Waals surface area contributed by atoms with Gasteiger partial charge in [0.1, 0.15) is 4.90 Å². The van der Waals surface area contributed by atoms with Gasteiger partial charge in [0, 0.05) is 19.7 Å². The van der Waals surface area contributed by atoms with Crippen molar-refractivity contribution in [1.82, 2.24) is 4.31 Å². The van der Waals surface area contributed by atoms with E-state index < -0.39 is 20.7 Å². The van der Waals surface area contributed by atoms with E-state index in [-0.39, 0.29) is 40.8 Å². The van der Waals surface area contributed by atoms with E-state index in [9.17, 15) is 12.8 Å². The van der Waals surface area contributed by atoms with Gasteiger partial charge in [-0.1, -0.05) is 11.6 Å². The molecule has 2 rings (SSSR count). The summed E-state index contributed by atoms with van der Waals surface area (Å²) in [5.41, 5.74) is 5.20. The second-order valence-electron chi connectivity index (χ2n) is 4.93. The van der Waals surface area contributed by atoms with E-state index in [1.54, 1.807) is 0 Å². The fraction of sp³-hybridized carbons (Fsp3) is 0.500. The number of rotatable bonds is 3. The molecular formula is C12H15BrClFN2O3S. The summed E-state index contributed by atoms with van der Waals surface area (Å²) in [6.45, 7) is 0.500. The lowest BCUT2D eigenvalue weighted by Crippen LogP contribution is -2.39. The molecule has 0 unspecified atom stereocenters. The van der Waals surface area contributed by atoms with Crippen molar-refractivity contribution >= 4 is 43.2 Å². The monoisotopic (exact) mass is 400 g/mol. The first kappa shape index (κ1) is 17.0. The van der Waals surface area contributed by atoms with Gasteiger partial charge >= 0.3 is 0 Å². The van der Waals surface area contributed by atoms with Crippen molar-refractivity contribution in [3.8, 4) is 0 Å². The molecular weight excluding hydrogens is 387 g/mol. The average molecular weight is 402 g/mol. The SMILES string of the molecule is Nc1c(F)c(S(=O)(=O)N2CCC(CO)CC2)cc(Cl)c1Br. The van der Waals surface area contributed by atoms with Crippen molar-refractivity contribution in [3.05, 3.63) is 21.4 Å². The van der Waals surface area contributed by atoms with E-state index >= 15 is 0 Å². The maximum atomic E-state index is 14.2. The highest BCUT2D eigenvalue weighted by atomic mass is 79.9. The van der Waals surface area contributed by atoms with E-state index in [4.69, 9.17) is 22.4 Å². The van der Waals surface area contributed by atoms with Gasteiger partial charge in [-0.15, -0.1) is 0 Å². The van der Waals surface area contributed by atoms with Crippen LogP contribution in [0.25, 0.3) is 0 Å². The molecule has 1 fully saturated rings. The van der Waals surface area contributed by atoms with E-state index in [1.807, 2.05) is 0 Å². The van der Waals surface area contributed by atoms with Crippen LogP contribution in [0.4, 0.5) is 10.1 Å². The number of anilines is 1. The van der Waals surface area contributed by atoms with Crippen molar-refractivity contribution in [2.24, 2.45) is 5.92 Å². The van der Waals surface area contributed by atoms with Crippen LogP contribution in [0.3, 0.4) is 0 Å². The molecule has 0 atom stereocenters. The van der Waals surface area contributed by atoms with Crippen molar-refractivity contribution in [1.29, 1.82) is 0 Å². The molecule has 9 heteroatoms. The van der Waals surface area contributed by atoms with Crippen LogP contribution >= 0.6 is 27.5 Å². The zero-order valence-corrected chi connectivity index (χ0v) is 14.2. The molecule has 0 bridgehead atoms. The molecule has 118 valence electrons. The Morgan fingerprint density at radius 1 is 1.48 bits per heavy atom. The number of nitrogens with zero attached hydrogens (tertiary/aromatic N) is 1. The van der Waals surface area contributed by atoms with Gasteiger partial charge in [0.2, 0.25) is 10.0 Å². The van der Waals surface area contributed by atoms with Gasteiger partial charge < -0.3 is 10.8 Å². The zero-order valence-electron chi connectivity index (χ0n) is 11.0. The number of aliphatic hydroxyl groups excluding tert-OH is 1. The Balaban J connectivity index is 2.37. The van der Waals surface area contributed by atoms with Crippen LogP contribution < -0.4 is 5.73 Å². The average Bonchev–Trinajstić information content (AvgIpc) is 2.48. The van der Waals surface area contributed by atoms with Crippen molar-refractivity contribution < 1.29 is 17.9 Å². The minimum atomic E-state index is -3.99. The maximum absolute atomic E-state index is 14.2. The number of benzene rings is 1. The van der Waals surface area contributed by atoms with Crippen LogP contribution in [-0.4, -0.2) is 37.5 Å². The first-order chi connectivity index (χ1) is 9.78. The summed E-state index contributed by atoms with van der Waals surface area (Å²) < 4.78 is 40.5. The van der Waals surface area contributed by atoms with Crippen LogP contribution in [0.1, 0.15) is 12.8 Å². The summed E-state index contributed by atoms with van der Waals surface area (Å²) in [4.78, 5) is -0.518. The molecule has 21 heavy (non-hydrogen) atoms. The number of hydrogen-bond donors (Lipinski definition) is 2. The van der Waals surface area contributed by atoms with Gasteiger partial charge in [-0.2, -0.15) is 4.31 Å². The lowest BCUT2D eigenvalue weighted by atomic mass is 10.00. The Morgan fingerprint density at radius 3 is 2.57 bits per heavy atom. The number of hydrogen-bond acceptors (Lipinski definition) is 4. The van der Waals surface area contributed by atoms with E-state index in [1.165, 1.54) is 4.31 Å².